The fraction of sp³-hybridized carbons (Fsp3) is 0.133. The van der Waals surface area contributed by atoms with Crippen molar-refractivity contribution in [3.63, 3.8) is 0 Å². The highest BCUT2D eigenvalue weighted by Crippen LogP contribution is 2.36. The van der Waals surface area contributed by atoms with Crippen molar-refractivity contribution in [3.8, 4) is 22.1 Å². The van der Waals surface area contributed by atoms with Gasteiger partial charge in [-0.1, -0.05) is 6.07 Å². The molecule has 0 fully saturated rings. The summed E-state index contributed by atoms with van der Waals surface area (Å²) in [7, 11) is 1.65. The number of hydrogen-bond donors (Lipinski definition) is 1. The fourth-order valence-corrected chi connectivity index (χ4v) is 3.00. The van der Waals surface area contributed by atoms with E-state index >= 15 is 0 Å². The predicted octanol–water partition coefficient (Wildman–Crippen LogP) is 3.99. The van der Waals surface area contributed by atoms with Crippen LogP contribution in [0.5, 0.6) is 11.5 Å². The number of fused-ring (bicyclic) bond motifs is 1. The Bertz CT molecular complexity index is 749. The SMILES string of the molecule is COc1ccc2nc(-c3ccc(C)cc3O)sc2c1. The third-order valence-corrected chi connectivity index (χ3v) is 4.03. The fourth-order valence-electron chi connectivity index (χ4n) is 1.97. The van der Waals surface area contributed by atoms with Gasteiger partial charge in [0.2, 0.25) is 0 Å². The number of methoxy groups -OCH3 is 1. The molecular formula is C15H13NO2S. The van der Waals surface area contributed by atoms with Crippen molar-refractivity contribution in [2.75, 3.05) is 7.11 Å². The molecule has 3 rings (SSSR count). The van der Waals surface area contributed by atoms with E-state index in [1.165, 1.54) is 0 Å². The Balaban J connectivity index is 2.14. The van der Waals surface area contributed by atoms with Gasteiger partial charge in [0.25, 0.3) is 0 Å². The van der Waals surface area contributed by atoms with Crippen LogP contribution in [-0.2, 0) is 0 Å². The van der Waals surface area contributed by atoms with E-state index in [1.807, 2.05) is 37.3 Å². The van der Waals surface area contributed by atoms with Gasteiger partial charge in [-0.2, -0.15) is 0 Å². The molecule has 0 aliphatic rings. The van der Waals surface area contributed by atoms with E-state index in [0.29, 0.717) is 0 Å². The molecule has 0 aliphatic heterocycles. The highest BCUT2D eigenvalue weighted by Gasteiger charge is 2.10. The molecule has 0 spiro atoms. The zero-order chi connectivity index (χ0) is 13.4. The molecule has 1 aromatic heterocycles. The van der Waals surface area contributed by atoms with Gasteiger partial charge < -0.3 is 9.84 Å². The molecule has 1 heterocycles. The molecule has 2 aromatic carbocycles. The third-order valence-electron chi connectivity index (χ3n) is 2.98. The summed E-state index contributed by atoms with van der Waals surface area (Å²) in [5.74, 6) is 1.09. The molecular weight excluding hydrogens is 258 g/mol. The van der Waals surface area contributed by atoms with Gasteiger partial charge >= 0.3 is 0 Å². The lowest BCUT2D eigenvalue weighted by atomic mass is 10.1. The minimum absolute atomic E-state index is 0.269. The Kier molecular flexibility index (Phi) is 2.87. The lowest BCUT2D eigenvalue weighted by Crippen LogP contribution is -1.80. The van der Waals surface area contributed by atoms with Gasteiger partial charge in [0.1, 0.15) is 16.5 Å². The molecule has 0 aliphatic carbocycles. The van der Waals surface area contributed by atoms with Crippen molar-refractivity contribution in [2.45, 2.75) is 6.92 Å². The average molecular weight is 271 g/mol. The van der Waals surface area contributed by atoms with E-state index < -0.39 is 0 Å². The largest absolute Gasteiger partial charge is 0.507 e. The van der Waals surface area contributed by atoms with Crippen LogP contribution < -0.4 is 4.74 Å². The van der Waals surface area contributed by atoms with Crippen LogP contribution in [-0.4, -0.2) is 17.2 Å². The first-order valence-electron chi connectivity index (χ1n) is 5.92. The van der Waals surface area contributed by atoms with Crippen molar-refractivity contribution in [1.82, 2.24) is 4.98 Å². The van der Waals surface area contributed by atoms with Crippen LogP contribution in [0.2, 0.25) is 0 Å². The maximum atomic E-state index is 10.0. The Hall–Kier alpha value is -2.07. The van der Waals surface area contributed by atoms with Crippen LogP contribution in [0.3, 0.4) is 0 Å². The Morgan fingerprint density at radius 1 is 1.16 bits per heavy atom. The first kappa shape index (κ1) is 12.0. The van der Waals surface area contributed by atoms with Gasteiger partial charge in [0, 0.05) is 0 Å². The summed E-state index contributed by atoms with van der Waals surface area (Å²) in [5.41, 5.74) is 2.72. The second-order valence-corrected chi connectivity index (χ2v) is 5.40. The van der Waals surface area contributed by atoms with Crippen LogP contribution in [0.1, 0.15) is 5.56 Å². The second kappa shape index (κ2) is 4.55. The highest BCUT2D eigenvalue weighted by atomic mass is 32.1. The lowest BCUT2D eigenvalue weighted by Gasteiger charge is -2.01. The molecule has 3 nitrogen and oxygen atoms in total. The Labute approximate surface area is 115 Å². The molecule has 96 valence electrons. The Morgan fingerprint density at radius 2 is 2.00 bits per heavy atom. The van der Waals surface area contributed by atoms with E-state index in [4.69, 9.17) is 4.74 Å². The van der Waals surface area contributed by atoms with E-state index in [-0.39, 0.29) is 5.75 Å². The van der Waals surface area contributed by atoms with E-state index in [0.717, 1.165) is 32.1 Å². The number of rotatable bonds is 2. The maximum absolute atomic E-state index is 10.0. The minimum atomic E-state index is 0.269. The minimum Gasteiger partial charge on any atom is -0.507 e. The van der Waals surface area contributed by atoms with Crippen LogP contribution in [0.4, 0.5) is 0 Å². The first-order valence-corrected chi connectivity index (χ1v) is 6.73. The molecule has 0 saturated carbocycles. The smallest absolute Gasteiger partial charge is 0.128 e. The second-order valence-electron chi connectivity index (χ2n) is 4.37. The maximum Gasteiger partial charge on any atom is 0.128 e. The van der Waals surface area contributed by atoms with Crippen molar-refractivity contribution >= 4 is 21.6 Å². The lowest BCUT2D eigenvalue weighted by molar-refractivity contribution is 0.415. The highest BCUT2D eigenvalue weighted by molar-refractivity contribution is 7.21. The van der Waals surface area contributed by atoms with Crippen LogP contribution >= 0.6 is 11.3 Å². The molecule has 0 saturated heterocycles. The molecule has 4 heteroatoms. The molecule has 0 atom stereocenters. The number of hydrogen-bond acceptors (Lipinski definition) is 4. The van der Waals surface area contributed by atoms with Gasteiger partial charge in [-0.3, -0.25) is 0 Å². The summed E-state index contributed by atoms with van der Waals surface area (Å²) in [6.45, 7) is 1.95. The number of thiazole rings is 1. The van der Waals surface area contributed by atoms with Crippen molar-refractivity contribution < 1.29 is 9.84 Å². The third kappa shape index (κ3) is 2.15. The number of aromatic hydroxyl groups is 1. The molecule has 0 bridgehead atoms. The first-order chi connectivity index (χ1) is 9.17. The Morgan fingerprint density at radius 3 is 2.74 bits per heavy atom. The van der Waals surface area contributed by atoms with Crippen molar-refractivity contribution in [2.24, 2.45) is 0 Å². The quantitative estimate of drug-likeness (QED) is 0.766. The van der Waals surface area contributed by atoms with Crippen molar-refractivity contribution in [3.05, 3.63) is 42.0 Å². The summed E-state index contributed by atoms with van der Waals surface area (Å²) in [5, 5.41) is 10.8. The monoisotopic (exact) mass is 271 g/mol. The van der Waals surface area contributed by atoms with Crippen molar-refractivity contribution in [1.29, 1.82) is 0 Å². The van der Waals surface area contributed by atoms with E-state index in [2.05, 4.69) is 4.98 Å². The van der Waals surface area contributed by atoms with Gasteiger partial charge in [0.15, 0.2) is 0 Å². The molecule has 0 unspecified atom stereocenters. The van der Waals surface area contributed by atoms with Gasteiger partial charge in [-0.25, -0.2) is 4.98 Å². The van der Waals surface area contributed by atoms with E-state index in [9.17, 15) is 5.11 Å². The predicted molar refractivity (Wildman–Crippen MR) is 78.0 cm³/mol. The standard InChI is InChI=1S/C15H13NO2S/c1-9-3-5-11(13(17)7-9)15-16-12-6-4-10(18-2)8-14(12)19-15/h3-8,17H,1-2H3. The zero-order valence-corrected chi connectivity index (χ0v) is 11.5. The normalized spacial score (nSPS) is 10.8. The van der Waals surface area contributed by atoms with Crippen LogP contribution in [0.25, 0.3) is 20.8 Å². The summed E-state index contributed by atoms with van der Waals surface area (Å²) < 4.78 is 6.26. The zero-order valence-electron chi connectivity index (χ0n) is 10.7. The topological polar surface area (TPSA) is 42.4 Å². The number of nitrogens with zero attached hydrogens (tertiary/aromatic N) is 1. The number of phenols is 1. The number of aromatic nitrogens is 1. The summed E-state index contributed by atoms with van der Waals surface area (Å²) in [6, 6.07) is 11.4. The molecule has 3 aromatic rings. The van der Waals surface area contributed by atoms with E-state index in [1.54, 1.807) is 24.5 Å². The average Bonchev–Trinajstić information content (AvgIpc) is 2.80. The molecule has 0 radical (unpaired) electrons. The van der Waals surface area contributed by atoms with Crippen LogP contribution in [0, 0.1) is 6.92 Å². The number of benzene rings is 2. The van der Waals surface area contributed by atoms with Gasteiger partial charge in [-0.15, -0.1) is 11.3 Å². The summed E-state index contributed by atoms with van der Waals surface area (Å²) >= 11 is 1.55. The molecule has 0 amide bonds. The van der Waals surface area contributed by atoms with Gasteiger partial charge in [0.05, 0.1) is 22.9 Å². The van der Waals surface area contributed by atoms with Crippen LogP contribution in [0.15, 0.2) is 36.4 Å². The molecule has 19 heavy (non-hydrogen) atoms. The summed E-state index contributed by atoms with van der Waals surface area (Å²) in [6.07, 6.45) is 0. The number of aryl methyl sites for hydroxylation is 1. The number of phenolic OH excluding ortho intramolecular Hbond substituents is 1. The number of ether oxygens (including phenoxy) is 1. The molecule has 1 N–H and O–H groups in total. The van der Waals surface area contributed by atoms with Gasteiger partial charge in [-0.05, 0) is 42.8 Å². The summed E-state index contributed by atoms with van der Waals surface area (Å²) in [4.78, 5) is 4.55.